The van der Waals surface area contributed by atoms with Gasteiger partial charge in [-0.3, -0.25) is 0 Å². The van der Waals surface area contributed by atoms with E-state index in [1.54, 1.807) is 0 Å². The predicted octanol–water partition coefficient (Wildman–Crippen LogP) is 6.85. The quantitative estimate of drug-likeness (QED) is 0.468. The summed E-state index contributed by atoms with van der Waals surface area (Å²) in [6.07, 6.45) is 9.39. The number of rotatable bonds is 7. The maximum atomic E-state index is 9.36. The van der Waals surface area contributed by atoms with Crippen molar-refractivity contribution in [1.82, 2.24) is 4.90 Å². The van der Waals surface area contributed by atoms with Crippen LogP contribution in [0.25, 0.3) is 0 Å². The third-order valence-corrected chi connectivity index (χ3v) is 8.99. The Bertz CT molecular complexity index is 1120. The lowest BCUT2D eigenvalue weighted by molar-refractivity contribution is 0.179. The van der Waals surface area contributed by atoms with E-state index < -0.39 is 0 Å². The molecule has 2 aromatic rings. The average molecular weight is 452 g/mol. The van der Waals surface area contributed by atoms with Gasteiger partial charge in [-0.2, -0.15) is 5.26 Å². The number of hydrogen-bond acceptors (Lipinski definition) is 3. The molecular weight excluding hydrogens is 414 g/mol. The molecule has 1 saturated heterocycles. The lowest BCUT2D eigenvalue weighted by Gasteiger charge is -2.44. The summed E-state index contributed by atoms with van der Waals surface area (Å²) >= 11 is 0. The molecule has 0 bridgehead atoms. The second-order valence-electron chi connectivity index (χ2n) is 10.6. The van der Waals surface area contributed by atoms with Crippen LogP contribution in [0.1, 0.15) is 74.1 Å². The Hall–Kier alpha value is -2.83. The minimum absolute atomic E-state index is 0.0193. The summed E-state index contributed by atoms with van der Waals surface area (Å²) < 4.78 is 0. The first-order valence-electron chi connectivity index (χ1n) is 13.0. The van der Waals surface area contributed by atoms with Gasteiger partial charge in [0.05, 0.1) is 11.6 Å². The zero-order valence-electron chi connectivity index (χ0n) is 20.6. The molecule has 1 saturated carbocycles. The maximum Gasteiger partial charge on any atom is 0.0991 e. The molecule has 3 heteroatoms. The van der Waals surface area contributed by atoms with E-state index in [1.807, 2.05) is 12.1 Å². The number of nitriles is 1. The van der Waals surface area contributed by atoms with Crippen LogP contribution in [0.4, 0.5) is 5.69 Å². The minimum Gasteiger partial charge on any atom is -0.358 e. The number of aryl methyl sites for hydroxylation is 1. The van der Waals surface area contributed by atoms with Gasteiger partial charge in [0.1, 0.15) is 0 Å². The zero-order chi connectivity index (χ0) is 23.8. The predicted molar refractivity (Wildman–Crippen MR) is 141 cm³/mol. The molecule has 0 atom stereocenters. The third kappa shape index (κ3) is 3.79. The van der Waals surface area contributed by atoms with Gasteiger partial charge in [0.2, 0.25) is 0 Å². The second kappa shape index (κ2) is 9.08. The fourth-order valence-corrected chi connectivity index (χ4v) is 6.51. The molecular formula is C31H37N3. The van der Waals surface area contributed by atoms with E-state index in [4.69, 9.17) is 0 Å². The standard InChI is InChI=1S/C31H37N3/c1-4-23(2)30(14-6-15-30)27-11-8-25(9-12-27)7-5-18-34-19-16-31(17-20-34)24(3)33-29-13-10-26(22-32)21-28(29)31/h8-13,21,33H,2-7,14-20H2,1H3. The molecule has 2 aromatic carbocycles. The van der Waals surface area contributed by atoms with Crippen LogP contribution in [0, 0.1) is 11.3 Å². The van der Waals surface area contributed by atoms with Crippen LogP contribution in [-0.2, 0) is 17.3 Å². The van der Waals surface area contributed by atoms with Gasteiger partial charge in [-0.1, -0.05) is 56.3 Å². The van der Waals surface area contributed by atoms with E-state index in [0.29, 0.717) is 0 Å². The van der Waals surface area contributed by atoms with Crippen LogP contribution in [-0.4, -0.2) is 24.5 Å². The van der Waals surface area contributed by atoms with Gasteiger partial charge in [-0.15, -0.1) is 0 Å². The van der Waals surface area contributed by atoms with Crippen LogP contribution in [0.5, 0.6) is 0 Å². The monoisotopic (exact) mass is 451 g/mol. The maximum absolute atomic E-state index is 9.36. The molecule has 3 aliphatic rings. The number of nitrogens with one attached hydrogen (secondary N) is 1. The van der Waals surface area contributed by atoms with E-state index in [2.05, 4.69) is 66.7 Å². The van der Waals surface area contributed by atoms with Crippen LogP contribution in [0.2, 0.25) is 0 Å². The van der Waals surface area contributed by atoms with Gasteiger partial charge in [0.15, 0.2) is 0 Å². The lowest BCUT2D eigenvalue weighted by Crippen LogP contribution is -2.43. The van der Waals surface area contributed by atoms with E-state index in [-0.39, 0.29) is 10.8 Å². The first kappa shape index (κ1) is 22.9. The van der Waals surface area contributed by atoms with Crippen molar-refractivity contribution >= 4 is 5.69 Å². The van der Waals surface area contributed by atoms with Gasteiger partial charge in [0.25, 0.3) is 0 Å². The van der Waals surface area contributed by atoms with Gasteiger partial charge < -0.3 is 10.2 Å². The molecule has 1 spiro atoms. The fraction of sp³-hybridized carbons (Fsp3) is 0.452. The number of fused-ring (bicyclic) bond motifs is 2. The highest BCUT2D eigenvalue weighted by Gasteiger charge is 2.44. The molecule has 2 heterocycles. The fourth-order valence-electron chi connectivity index (χ4n) is 6.51. The summed E-state index contributed by atoms with van der Waals surface area (Å²) in [5.74, 6) is 0. The smallest absolute Gasteiger partial charge is 0.0991 e. The number of hydrogen-bond donors (Lipinski definition) is 1. The summed E-state index contributed by atoms with van der Waals surface area (Å²) in [4.78, 5) is 2.60. The summed E-state index contributed by atoms with van der Waals surface area (Å²) in [7, 11) is 0. The van der Waals surface area contributed by atoms with Gasteiger partial charge in [-0.05, 0) is 99.5 Å². The summed E-state index contributed by atoms with van der Waals surface area (Å²) in [5.41, 5.74) is 8.80. The van der Waals surface area contributed by atoms with Crippen LogP contribution in [0.15, 0.2) is 66.9 Å². The Morgan fingerprint density at radius 1 is 1.09 bits per heavy atom. The molecule has 0 aromatic heterocycles. The van der Waals surface area contributed by atoms with E-state index in [9.17, 15) is 5.26 Å². The van der Waals surface area contributed by atoms with Crippen molar-refractivity contribution in [1.29, 1.82) is 5.26 Å². The molecule has 1 aliphatic carbocycles. The molecule has 2 fully saturated rings. The molecule has 34 heavy (non-hydrogen) atoms. The largest absolute Gasteiger partial charge is 0.358 e. The Balaban J connectivity index is 1.15. The number of likely N-dealkylation sites (tertiary alicyclic amines) is 1. The number of benzene rings is 2. The van der Waals surface area contributed by atoms with Crippen molar-refractivity contribution in [2.45, 2.75) is 69.1 Å². The molecule has 0 unspecified atom stereocenters. The molecule has 0 amide bonds. The number of anilines is 1. The van der Waals surface area contributed by atoms with Crippen molar-refractivity contribution in [3.8, 4) is 6.07 Å². The van der Waals surface area contributed by atoms with Crippen molar-refractivity contribution in [3.05, 3.63) is 89.1 Å². The molecule has 3 nitrogen and oxygen atoms in total. The minimum atomic E-state index is -0.0193. The van der Waals surface area contributed by atoms with Gasteiger partial charge in [0, 0.05) is 22.2 Å². The Morgan fingerprint density at radius 2 is 1.82 bits per heavy atom. The van der Waals surface area contributed by atoms with Crippen molar-refractivity contribution < 1.29 is 0 Å². The average Bonchev–Trinajstić information content (AvgIpc) is 3.10. The Morgan fingerprint density at radius 3 is 2.44 bits per heavy atom. The van der Waals surface area contributed by atoms with Gasteiger partial charge >= 0.3 is 0 Å². The molecule has 5 rings (SSSR count). The summed E-state index contributed by atoms with van der Waals surface area (Å²) in [5, 5.41) is 12.9. The highest BCUT2D eigenvalue weighted by atomic mass is 15.1. The molecule has 176 valence electrons. The van der Waals surface area contributed by atoms with Crippen LogP contribution < -0.4 is 5.32 Å². The Kier molecular flexibility index (Phi) is 6.13. The molecule has 1 N–H and O–H groups in total. The number of nitrogens with zero attached hydrogens (tertiary/aromatic N) is 2. The zero-order valence-corrected chi connectivity index (χ0v) is 20.6. The van der Waals surface area contributed by atoms with Crippen molar-refractivity contribution in [2.75, 3.05) is 25.0 Å². The lowest BCUT2D eigenvalue weighted by atomic mass is 9.60. The van der Waals surface area contributed by atoms with E-state index >= 15 is 0 Å². The van der Waals surface area contributed by atoms with Crippen molar-refractivity contribution in [3.63, 3.8) is 0 Å². The van der Waals surface area contributed by atoms with E-state index in [0.717, 1.165) is 62.3 Å². The first-order chi connectivity index (χ1) is 16.5. The molecule has 0 radical (unpaired) electrons. The SMILES string of the molecule is C=C(CC)C1(c2ccc(CCCN3CCC4(CC3)C(=C)Nc3ccc(C#N)cc34)cc2)CCC1. The van der Waals surface area contributed by atoms with Gasteiger partial charge in [-0.25, -0.2) is 0 Å². The number of allylic oxidation sites excluding steroid dienone is 2. The first-order valence-corrected chi connectivity index (χ1v) is 13.0. The highest BCUT2D eigenvalue weighted by molar-refractivity contribution is 5.69. The normalized spacial score (nSPS) is 20.3. The Labute approximate surface area is 205 Å². The number of piperidine rings is 1. The summed E-state index contributed by atoms with van der Waals surface area (Å²) in [6.45, 7) is 14.3. The summed E-state index contributed by atoms with van der Waals surface area (Å²) in [6, 6.07) is 17.7. The van der Waals surface area contributed by atoms with E-state index in [1.165, 1.54) is 47.9 Å². The highest BCUT2D eigenvalue weighted by Crippen LogP contribution is 2.50. The van der Waals surface area contributed by atoms with Crippen LogP contribution >= 0.6 is 0 Å². The van der Waals surface area contributed by atoms with Crippen LogP contribution in [0.3, 0.4) is 0 Å². The third-order valence-electron chi connectivity index (χ3n) is 8.99. The second-order valence-corrected chi connectivity index (χ2v) is 10.6. The molecule has 2 aliphatic heterocycles. The van der Waals surface area contributed by atoms with Crippen molar-refractivity contribution in [2.24, 2.45) is 0 Å². The topological polar surface area (TPSA) is 39.1 Å².